The number of rotatable bonds is 4. The maximum Gasteiger partial charge on any atom is 0.335 e. The van der Waals surface area contributed by atoms with Crippen LogP contribution in [-0.4, -0.2) is 23.5 Å². The van der Waals surface area contributed by atoms with E-state index in [9.17, 15) is 9.90 Å². The van der Waals surface area contributed by atoms with E-state index < -0.39 is 11.8 Å². The predicted molar refractivity (Wildman–Crippen MR) is 54.7 cm³/mol. The number of esters is 1. The van der Waals surface area contributed by atoms with Crippen molar-refractivity contribution >= 4 is 5.97 Å². The third-order valence-electron chi connectivity index (χ3n) is 1.88. The van der Waals surface area contributed by atoms with Crippen molar-refractivity contribution in [2.75, 3.05) is 6.61 Å². The summed E-state index contributed by atoms with van der Waals surface area (Å²) in [4.78, 5) is 10.9. The van der Waals surface area contributed by atoms with Gasteiger partial charge in [-0.05, 0) is 25.2 Å². The molecule has 0 fully saturated rings. The normalized spacial score (nSPS) is 24.5. The van der Waals surface area contributed by atoms with Crippen molar-refractivity contribution in [3.05, 3.63) is 36.6 Å². The molecule has 82 valence electrons. The molecule has 1 unspecified atom stereocenters. The zero-order chi connectivity index (χ0) is 11.3. The Bertz CT molecular complexity index is 317. The SMILES string of the molecule is C=CC(=O)OC1=CCC(O)(OCC)C=C1. The van der Waals surface area contributed by atoms with Gasteiger partial charge < -0.3 is 14.6 Å². The van der Waals surface area contributed by atoms with Crippen LogP contribution in [0.5, 0.6) is 0 Å². The number of hydrogen-bond acceptors (Lipinski definition) is 4. The van der Waals surface area contributed by atoms with Gasteiger partial charge in [-0.2, -0.15) is 0 Å². The van der Waals surface area contributed by atoms with E-state index in [0.717, 1.165) is 6.08 Å². The first-order valence-corrected chi connectivity index (χ1v) is 4.69. The minimum absolute atomic E-state index is 0.261. The smallest absolute Gasteiger partial charge is 0.335 e. The van der Waals surface area contributed by atoms with Gasteiger partial charge in [0.2, 0.25) is 0 Å². The second-order valence-electron chi connectivity index (χ2n) is 3.05. The van der Waals surface area contributed by atoms with E-state index in [0.29, 0.717) is 12.4 Å². The van der Waals surface area contributed by atoms with Crippen LogP contribution >= 0.6 is 0 Å². The van der Waals surface area contributed by atoms with E-state index in [-0.39, 0.29) is 6.42 Å². The highest BCUT2D eigenvalue weighted by Crippen LogP contribution is 2.22. The molecule has 0 radical (unpaired) electrons. The van der Waals surface area contributed by atoms with Gasteiger partial charge in [-0.3, -0.25) is 0 Å². The van der Waals surface area contributed by atoms with Crippen LogP contribution in [0.1, 0.15) is 13.3 Å². The van der Waals surface area contributed by atoms with Crippen LogP contribution in [0.4, 0.5) is 0 Å². The summed E-state index contributed by atoms with van der Waals surface area (Å²) in [7, 11) is 0. The van der Waals surface area contributed by atoms with Crippen molar-refractivity contribution in [1.82, 2.24) is 0 Å². The standard InChI is InChI=1S/C11H14O4/c1-3-10(12)15-9-5-7-11(13,8-6-9)14-4-2/h3,5-7,13H,1,4,8H2,2H3. The van der Waals surface area contributed by atoms with Gasteiger partial charge in [0.05, 0.1) is 0 Å². The lowest BCUT2D eigenvalue weighted by Gasteiger charge is -2.25. The molecule has 4 heteroatoms. The molecular weight excluding hydrogens is 196 g/mol. The molecule has 0 aromatic rings. The van der Waals surface area contributed by atoms with Gasteiger partial charge in [-0.1, -0.05) is 6.58 Å². The van der Waals surface area contributed by atoms with Crippen molar-refractivity contribution < 1.29 is 19.4 Å². The van der Waals surface area contributed by atoms with Gasteiger partial charge in [0.1, 0.15) is 5.76 Å². The van der Waals surface area contributed by atoms with Crippen LogP contribution in [0.2, 0.25) is 0 Å². The topological polar surface area (TPSA) is 55.8 Å². The number of hydrogen-bond donors (Lipinski definition) is 1. The first-order valence-electron chi connectivity index (χ1n) is 4.69. The van der Waals surface area contributed by atoms with E-state index in [2.05, 4.69) is 6.58 Å². The fourth-order valence-corrected chi connectivity index (χ4v) is 1.19. The fraction of sp³-hybridized carbons (Fsp3) is 0.364. The Balaban J connectivity index is 2.56. The third-order valence-corrected chi connectivity index (χ3v) is 1.88. The van der Waals surface area contributed by atoms with Crippen LogP contribution < -0.4 is 0 Å². The van der Waals surface area contributed by atoms with Gasteiger partial charge >= 0.3 is 5.97 Å². The maximum absolute atomic E-state index is 10.9. The molecule has 4 nitrogen and oxygen atoms in total. The number of carbonyl (C=O) groups excluding carboxylic acids is 1. The molecule has 1 atom stereocenters. The van der Waals surface area contributed by atoms with E-state index in [1.165, 1.54) is 12.2 Å². The molecule has 0 saturated heterocycles. The first-order chi connectivity index (χ1) is 7.09. The van der Waals surface area contributed by atoms with Crippen LogP contribution in [-0.2, 0) is 14.3 Å². The first kappa shape index (κ1) is 11.7. The third kappa shape index (κ3) is 3.34. The summed E-state index contributed by atoms with van der Waals surface area (Å²) in [6.45, 7) is 5.49. The average Bonchev–Trinajstić information content (AvgIpc) is 2.22. The molecule has 0 saturated carbocycles. The average molecular weight is 210 g/mol. The molecule has 0 heterocycles. The van der Waals surface area contributed by atoms with Gasteiger partial charge in [-0.15, -0.1) is 0 Å². The minimum atomic E-state index is -1.28. The van der Waals surface area contributed by atoms with Crippen molar-refractivity contribution in [1.29, 1.82) is 0 Å². The fourth-order valence-electron chi connectivity index (χ4n) is 1.19. The lowest BCUT2D eigenvalue weighted by Crippen LogP contribution is -2.30. The largest absolute Gasteiger partial charge is 0.424 e. The highest BCUT2D eigenvalue weighted by Gasteiger charge is 2.25. The summed E-state index contributed by atoms with van der Waals surface area (Å²) in [5.41, 5.74) is 0. The second-order valence-corrected chi connectivity index (χ2v) is 3.05. The molecular formula is C11H14O4. The van der Waals surface area contributed by atoms with E-state index in [1.54, 1.807) is 13.0 Å². The van der Waals surface area contributed by atoms with Crippen molar-refractivity contribution in [3.8, 4) is 0 Å². The highest BCUT2D eigenvalue weighted by atomic mass is 16.6. The predicted octanol–water partition coefficient (Wildman–Crippen LogP) is 1.28. The van der Waals surface area contributed by atoms with Gasteiger partial charge in [-0.25, -0.2) is 4.79 Å². The number of aliphatic hydroxyl groups is 1. The summed E-state index contributed by atoms with van der Waals surface area (Å²) < 4.78 is 9.98. The second kappa shape index (κ2) is 4.91. The Morgan fingerprint density at radius 1 is 1.80 bits per heavy atom. The van der Waals surface area contributed by atoms with Crippen LogP contribution in [0.15, 0.2) is 36.6 Å². The maximum atomic E-state index is 10.9. The Labute approximate surface area is 88.5 Å². The van der Waals surface area contributed by atoms with E-state index in [1.807, 2.05) is 0 Å². The highest BCUT2D eigenvalue weighted by molar-refractivity contribution is 5.82. The molecule has 0 aromatic carbocycles. The lowest BCUT2D eigenvalue weighted by molar-refractivity contribution is -0.162. The number of allylic oxidation sites excluding steroid dienone is 1. The molecule has 0 bridgehead atoms. The van der Waals surface area contributed by atoms with Gasteiger partial charge in [0.25, 0.3) is 0 Å². The molecule has 15 heavy (non-hydrogen) atoms. The Morgan fingerprint density at radius 2 is 2.53 bits per heavy atom. The molecule has 0 amide bonds. The zero-order valence-corrected chi connectivity index (χ0v) is 8.60. The molecule has 0 aliphatic heterocycles. The van der Waals surface area contributed by atoms with Crippen molar-refractivity contribution in [2.24, 2.45) is 0 Å². The monoisotopic (exact) mass is 210 g/mol. The minimum Gasteiger partial charge on any atom is -0.424 e. The van der Waals surface area contributed by atoms with Crippen LogP contribution in [0.25, 0.3) is 0 Å². The van der Waals surface area contributed by atoms with Crippen molar-refractivity contribution in [3.63, 3.8) is 0 Å². The Morgan fingerprint density at radius 3 is 3.00 bits per heavy atom. The number of carbonyl (C=O) groups is 1. The molecule has 1 aliphatic carbocycles. The Kier molecular flexibility index (Phi) is 3.82. The summed E-state index contributed by atoms with van der Waals surface area (Å²) in [6, 6.07) is 0. The van der Waals surface area contributed by atoms with Crippen LogP contribution in [0.3, 0.4) is 0 Å². The summed E-state index contributed by atoms with van der Waals surface area (Å²) in [5.74, 6) is -1.41. The lowest BCUT2D eigenvalue weighted by atomic mass is 10.1. The van der Waals surface area contributed by atoms with E-state index >= 15 is 0 Å². The molecule has 1 rings (SSSR count). The molecule has 1 aliphatic rings. The van der Waals surface area contributed by atoms with Gasteiger partial charge in [0.15, 0.2) is 5.79 Å². The van der Waals surface area contributed by atoms with Crippen LogP contribution in [0, 0.1) is 0 Å². The zero-order valence-electron chi connectivity index (χ0n) is 8.60. The Hall–Kier alpha value is -1.39. The van der Waals surface area contributed by atoms with E-state index in [4.69, 9.17) is 9.47 Å². The molecule has 0 aromatic heterocycles. The summed E-state index contributed by atoms with van der Waals surface area (Å²) >= 11 is 0. The summed E-state index contributed by atoms with van der Waals surface area (Å²) in [6.07, 6.45) is 5.90. The number of ether oxygens (including phenoxy) is 2. The van der Waals surface area contributed by atoms with Gasteiger partial charge in [0, 0.05) is 19.1 Å². The quantitative estimate of drug-likeness (QED) is 0.431. The van der Waals surface area contributed by atoms with Crippen molar-refractivity contribution in [2.45, 2.75) is 19.1 Å². The molecule has 0 spiro atoms. The molecule has 1 N–H and O–H groups in total. The summed E-state index contributed by atoms with van der Waals surface area (Å²) in [5, 5.41) is 9.77.